The van der Waals surface area contributed by atoms with E-state index in [1.165, 1.54) is 66.3 Å². The number of rotatable bonds is 2. The summed E-state index contributed by atoms with van der Waals surface area (Å²) in [5.74, 6) is 0. The van der Waals surface area contributed by atoms with Gasteiger partial charge in [-0.2, -0.15) is 0 Å². The Labute approximate surface area is 193 Å². The Bertz CT molecular complexity index is 1700. The lowest BCUT2D eigenvalue weighted by atomic mass is 9.93. The molecule has 0 saturated carbocycles. The lowest BCUT2D eigenvalue weighted by Gasteiger charge is -2.11. The average Bonchev–Trinajstić information content (AvgIpc) is 3.40. The summed E-state index contributed by atoms with van der Waals surface area (Å²) in [5, 5.41) is 2.62. The first kappa shape index (κ1) is 18.5. The molecule has 1 aliphatic carbocycles. The molecule has 33 heavy (non-hydrogen) atoms. The van der Waals surface area contributed by atoms with E-state index in [0.29, 0.717) is 0 Å². The maximum atomic E-state index is 2.35. The maximum absolute atomic E-state index is 2.35. The van der Waals surface area contributed by atoms with Crippen LogP contribution in [0.4, 0.5) is 0 Å². The zero-order chi connectivity index (χ0) is 21.9. The predicted molar refractivity (Wildman–Crippen MR) is 140 cm³/mol. The minimum absolute atomic E-state index is 1.01. The van der Waals surface area contributed by atoms with Gasteiger partial charge >= 0.3 is 0 Å². The van der Waals surface area contributed by atoms with Gasteiger partial charge in [-0.3, -0.25) is 0 Å². The van der Waals surface area contributed by atoms with Crippen molar-refractivity contribution < 1.29 is 0 Å². The van der Waals surface area contributed by atoms with Crippen LogP contribution in [0.25, 0.3) is 55.2 Å². The summed E-state index contributed by atoms with van der Waals surface area (Å²) in [7, 11) is 2.15. The Morgan fingerprint density at radius 2 is 1.21 bits per heavy atom. The third kappa shape index (κ3) is 2.72. The number of aryl methyl sites for hydroxylation is 1. The SMILES string of the molecule is Cn1c2ccccc2c2cc(-c3cccc(-c4cccc5c4Cc4ccccc4-5)c3)ccc21. The number of nitrogens with zero attached hydrogens (tertiary/aromatic N) is 1. The Morgan fingerprint density at radius 3 is 2.18 bits per heavy atom. The number of hydrogen-bond donors (Lipinski definition) is 0. The van der Waals surface area contributed by atoms with E-state index in [4.69, 9.17) is 0 Å². The minimum atomic E-state index is 1.01. The molecular formula is C32H23N. The van der Waals surface area contributed by atoms with Crippen molar-refractivity contribution in [3.05, 3.63) is 120 Å². The van der Waals surface area contributed by atoms with Gasteiger partial charge in [-0.05, 0) is 75.2 Å². The van der Waals surface area contributed by atoms with E-state index in [-0.39, 0.29) is 0 Å². The van der Waals surface area contributed by atoms with Crippen LogP contribution in [-0.2, 0) is 13.5 Å². The van der Waals surface area contributed by atoms with Crippen molar-refractivity contribution >= 4 is 21.8 Å². The zero-order valence-corrected chi connectivity index (χ0v) is 18.5. The first-order chi connectivity index (χ1) is 16.3. The highest BCUT2D eigenvalue weighted by Gasteiger charge is 2.21. The molecule has 1 heterocycles. The zero-order valence-electron chi connectivity index (χ0n) is 18.5. The van der Waals surface area contributed by atoms with Gasteiger partial charge in [-0.1, -0.05) is 84.9 Å². The van der Waals surface area contributed by atoms with E-state index in [1.807, 2.05) is 0 Å². The van der Waals surface area contributed by atoms with E-state index >= 15 is 0 Å². The molecule has 0 aliphatic heterocycles. The van der Waals surface area contributed by atoms with Crippen LogP contribution in [0.5, 0.6) is 0 Å². The summed E-state index contributed by atoms with van der Waals surface area (Å²) in [6.07, 6.45) is 1.01. The molecule has 0 fully saturated rings. The normalized spacial score (nSPS) is 12.3. The van der Waals surface area contributed by atoms with Crippen LogP contribution in [-0.4, -0.2) is 4.57 Å². The molecule has 156 valence electrons. The molecule has 0 N–H and O–H groups in total. The van der Waals surface area contributed by atoms with Crippen LogP contribution in [0, 0.1) is 0 Å². The van der Waals surface area contributed by atoms with Crippen LogP contribution in [0.1, 0.15) is 11.1 Å². The first-order valence-corrected chi connectivity index (χ1v) is 11.6. The predicted octanol–water partition coefficient (Wildman–Crippen LogP) is 8.24. The fraction of sp³-hybridized carbons (Fsp3) is 0.0625. The number of hydrogen-bond acceptors (Lipinski definition) is 0. The van der Waals surface area contributed by atoms with E-state index in [9.17, 15) is 0 Å². The van der Waals surface area contributed by atoms with Gasteiger partial charge in [0.05, 0.1) is 0 Å². The summed E-state index contributed by atoms with van der Waals surface area (Å²) in [6.45, 7) is 0. The lowest BCUT2D eigenvalue weighted by molar-refractivity contribution is 1.01. The van der Waals surface area contributed by atoms with E-state index in [1.54, 1.807) is 0 Å². The molecule has 0 atom stereocenters. The van der Waals surface area contributed by atoms with Crippen molar-refractivity contribution in [3.8, 4) is 33.4 Å². The smallest absolute Gasteiger partial charge is 0.0489 e. The second-order valence-corrected chi connectivity index (χ2v) is 9.05. The highest BCUT2D eigenvalue weighted by molar-refractivity contribution is 6.09. The second kappa shape index (κ2) is 6.95. The third-order valence-electron chi connectivity index (χ3n) is 7.27. The summed E-state index contributed by atoms with van der Waals surface area (Å²) < 4.78 is 2.29. The fourth-order valence-corrected chi connectivity index (χ4v) is 5.64. The molecule has 0 saturated heterocycles. The quantitative estimate of drug-likeness (QED) is 0.265. The maximum Gasteiger partial charge on any atom is 0.0489 e. The van der Waals surface area contributed by atoms with Crippen LogP contribution >= 0.6 is 0 Å². The van der Waals surface area contributed by atoms with Gasteiger partial charge in [0.25, 0.3) is 0 Å². The summed E-state index contributed by atoms with van der Waals surface area (Å²) >= 11 is 0. The second-order valence-electron chi connectivity index (χ2n) is 9.05. The molecule has 1 aromatic heterocycles. The largest absolute Gasteiger partial charge is 0.344 e. The Hall–Kier alpha value is -4.10. The molecule has 0 spiro atoms. The fourth-order valence-electron chi connectivity index (χ4n) is 5.64. The molecule has 7 rings (SSSR count). The van der Waals surface area contributed by atoms with Gasteiger partial charge in [0, 0.05) is 28.9 Å². The molecule has 0 amide bonds. The van der Waals surface area contributed by atoms with Gasteiger partial charge in [0.1, 0.15) is 0 Å². The number of para-hydroxylation sites is 1. The Kier molecular flexibility index (Phi) is 3.89. The van der Waals surface area contributed by atoms with Crippen molar-refractivity contribution in [2.45, 2.75) is 6.42 Å². The van der Waals surface area contributed by atoms with E-state index < -0.39 is 0 Å². The van der Waals surface area contributed by atoms with Crippen LogP contribution < -0.4 is 0 Å². The molecule has 1 heteroatoms. The summed E-state index contributed by atoms with van der Waals surface area (Å²) in [4.78, 5) is 0. The number of aromatic nitrogens is 1. The molecule has 1 nitrogen and oxygen atoms in total. The molecule has 0 bridgehead atoms. The van der Waals surface area contributed by atoms with Gasteiger partial charge in [-0.25, -0.2) is 0 Å². The number of benzene rings is 5. The van der Waals surface area contributed by atoms with Gasteiger partial charge in [-0.15, -0.1) is 0 Å². The molecule has 0 radical (unpaired) electrons. The highest BCUT2D eigenvalue weighted by Crippen LogP contribution is 2.42. The van der Waals surface area contributed by atoms with Gasteiger partial charge in [0.2, 0.25) is 0 Å². The topological polar surface area (TPSA) is 4.93 Å². The molecule has 0 unspecified atom stereocenters. The van der Waals surface area contributed by atoms with Crippen LogP contribution in [0.2, 0.25) is 0 Å². The molecule has 5 aromatic carbocycles. The average molecular weight is 422 g/mol. The van der Waals surface area contributed by atoms with Gasteiger partial charge < -0.3 is 4.57 Å². The summed E-state index contributed by atoms with van der Waals surface area (Å²) in [5.41, 5.74) is 13.3. The van der Waals surface area contributed by atoms with Crippen molar-refractivity contribution in [2.24, 2.45) is 7.05 Å². The third-order valence-corrected chi connectivity index (χ3v) is 7.27. The van der Waals surface area contributed by atoms with Crippen molar-refractivity contribution in [1.82, 2.24) is 4.57 Å². The molecular weight excluding hydrogens is 398 g/mol. The Balaban J connectivity index is 1.37. The standard InChI is InChI=1S/C32H23N/c1-33-31-15-5-4-12-28(31)30-19-22(16-17-32(30)33)21-9-6-10-23(18-21)26-13-7-14-27-25-11-3-2-8-24(25)20-29(26)27/h2-19H,20H2,1H3. The minimum Gasteiger partial charge on any atom is -0.344 e. The monoisotopic (exact) mass is 421 g/mol. The van der Waals surface area contributed by atoms with Crippen molar-refractivity contribution in [3.63, 3.8) is 0 Å². The lowest BCUT2D eigenvalue weighted by Crippen LogP contribution is -1.89. The van der Waals surface area contributed by atoms with Crippen molar-refractivity contribution in [1.29, 1.82) is 0 Å². The van der Waals surface area contributed by atoms with Crippen molar-refractivity contribution in [2.75, 3.05) is 0 Å². The highest BCUT2D eigenvalue weighted by atomic mass is 14.9. The number of fused-ring (bicyclic) bond motifs is 6. The first-order valence-electron chi connectivity index (χ1n) is 11.6. The Morgan fingerprint density at radius 1 is 0.515 bits per heavy atom. The molecule has 6 aromatic rings. The summed E-state index contributed by atoms with van der Waals surface area (Å²) in [6, 6.07) is 40.1. The van der Waals surface area contributed by atoms with Crippen LogP contribution in [0.15, 0.2) is 109 Å². The van der Waals surface area contributed by atoms with Crippen LogP contribution in [0.3, 0.4) is 0 Å². The molecule has 1 aliphatic rings. The van der Waals surface area contributed by atoms with E-state index in [2.05, 4.69) is 121 Å². The van der Waals surface area contributed by atoms with Gasteiger partial charge in [0.15, 0.2) is 0 Å². The van der Waals surface area contributed by atoms with E-state index in [0.717, 1.165) is 6.42 Å².